The monoisotopic (exact) mass is 420 g/mol. The SMILES string of the molecule is O=S(=O)(Nc1ccc2c(c1)CCN2c1ncccn1)c1cc(Cl)cc(Cl)c1. The minimum atomic E-state index is -3.80. The highest BCUT2D eigenvalue weighted by molar-refractivity contribution is 7.92. The van der Waals surface area contributed by atoms with Crippen molar-refractivity contribution in [3.05, 3.63) is 70.5 Å². The maximum Gasteiger partial charge on any atom is 0.261 e. The smallest absolute Gasteiger partial charge is 0.261 e. The first-order chi connectivity index (χ1) is 12.9. The number of fused-ring (bicyclic) bond motifs is 1. The van der Waals surface area contributed by atoms with Gasteiger partial charge in [-0.3, -0.25) is 4.72 Å². The van der Waals surface area contributed by atoms with E-state index < -0.39 is 10.0 Å². The highest BCUT2D eigenvalue weighted by Gasteiger charge is 2.23. The largest absolute Gasteiger partial charge is 0.310 e. The Labute approximate surface area is 166 Å². The standard InChI is InChI=1S/C18H14Cl2N4O2S/c19-13-9-14(20)11-16(10-13)27(25,26)23-15-2-3-17-12(8-15)4-7-24(17)18-21-5-1-6-22-18/h1-3,5-6,8-11,23H,4,7H2. The van der Waals surface area contributed by atoms with Gasteiger partial charge in [-0.15, -0.1) is 0 Å². The molecule has 1 aliphatic heterocycles. The summed E-state index contributed by atoms with van der Waals surface area (Å²) >= 11 is 11.8. The Kier molecular flexibility index (Phi) is 4.67. The van der Waals surface area contributed by atoms with Crippen LogP contribution in [0, 0.1) is 0 Å². The summed E-state index contributed by atoms with van der Waals surface area (Å²) in [5.41, 5.74) is 2.46. The van der Waals surface area contributed by atoms with Gasteiger partial charge in [-0.2, -0.15) is 0 Å². The van der Waals surface area contributed by atoms with Gasteiger partial charge in [-0.05, 0) is 54.4 Å². The third-order valence-corrected chi connectivity index (χ3v) is 5.96. The van der Waals surface area contributed by atoms with Gasteiger partial charge >= 0.3 is 0 Å². The molecule has 3 aromatic rings. The molecule has 0 amide bonds. The Morgan fingerprint density at radius 2 is 1.70 bits per heavy atom. The number of aromatic nitrogens is 2. The molecule has 0 atom stereocenters. The van der Waals surface area contributed by atoms with Crippen LogP contribution in [0.25, 0.3) is 0 Å². The molecule has 0 spiro atoms. The number of nitrogens with one attached hydrogen (secondary N) is 1. The molecule has 1 aliphatic rings. The van der Waals surface area contributed by atoms with Crippen molar-refractivity contribution in [2.75, 3.05) is 16.2 Å². The van der Waals surface area contributed by atoms with Gasteiger partial charge in [0.1, 0.15) is 0 Å². The van der Waals surface area contributed by atoms with Gasteiger partial charge in [0.2, 0.25) is 5.95 Å². The molecule has 27 heavy (non-hydrogen) atoms. The topological polar surface area (TPSA) is 75.2 Å². The van der Waals surface area contributed by atoms with Crippen LogP contribution in [0.2, 0.25) is 10.0 Å². The van der Waals surface area contributed by atoms with Crippen molar-refractivity contribution in [2.24, 2.45) is 0 Å². The van der Waals surface area contributed by atoms with Crippen molar-refractivity contribution >= 4 is 50.5 Å². The maximum atomic E-state index is 12.6. The van der Waals surface area contributed by atoms with Gasteiger partial charge in [-0.25, -0.2) is 18.4 Å². The average Bonchev–Trinajstić information content (AvgIpc) is 3.04. The Morgan fingerprint density at radius 3 is 2.41 bits per heavy atom. The predicted molar refractivity (Wildman–Crippen MR) is 106 cm³/mol. The predicted octanol–water partition coefficient (Wildman–Crippen LogP) is 4.28. The van der Waals surface area contributed by atoms with Crippen LogP contribution in [0.1, 0.15) is 5.56 Å². The number of benzene rings is 2. The lowest BCUT2D eigenvalue weighted by Gasteiger charge is -2.17. The van der Waals surface area contributed by atoms with E-state index in [-0.39, 0.29) is 14.9 Å². The average molecular weight is 421 g/mol. The van der Waals surface area contributed by atoms with Crippen LogP contribution in [-0.2, 0) is 16.4 Å². The van der Waals surface area contributed by atoms with Gasteiger partial charge in [0, 0.05) is 40.4 Å². The molecule has 6 nitrogen and oxygen atoms in total. The minimum Gasteiger partial charge on any atom is -0.310 e. The zero-order chi connectivity index (χ0) is 19.0. The van der Waals surface area contributed by atoms with Crippen molar-refractivity contribution in [2.45, 2.75) is 11.3 Å². The molecule has 2 heterocycles. The second kappa shape index (κ2) is 6.99. The summed E-state index contributed by atoms with van der Waals surface area (Å²) in [5.74, 6) is 0.623. The molecule has 1 N–H and O–H groups in total. The van der Waals surface area contributed by atoms with Gasteiger partial charge in [0.05, 0.1) is 4.90 Å². The maximum absolute atomic E-state index is 12.6. The Balaban J connectivity index is 1.62. The molecule has 0 bridgehead atoms. The van der Waals surface area contributed by atoms with E-state index in [2.05, 4.69) is 14.7 Å². The molecular weight excluding hydrogens is 407 g/mol. The van der Waals surface area contributed by atoms with E-state index in [1.165, 1.54) is 18.2 Å². The fraction of sp³-hybridized carbons (Fsp3) is 0.111. The fourth-order valence-corrected chi connectivity index (χ4v) is 4.78. The van der Waals surface area contributed by atoms with Crippen LogP contribution in [0.4, 0.5) is 17.3 Å². The second-order valence-electron chi connectivity index (χ2n) is 6.00. The Hall–Kier alpha value is -2.35. The van der Waals surface area contributed by atoms with E-state index in [1.54, 1.807) is 24.5 Å². The van der Waals surface area contributed by atoms with Crippen LogP contribution in [0.5, 0.6) is 0 Å². The van der Waals surface area contributed by atoms with Crippen molar-refractivity contribution < 1.29 is 8.42 Å². The lowest BCUT2D eigenvalue weighted by atomic mass is 10.1. The number of sulfonamides is 1. The van der Waals surface area contributed by atoms with Crippen molar-refractivity contribution in [1.29, 1.82) is 0 Å². The van der Waals surface area contributed by atoms with Crippen molar-refractivity contribution in [1.82, 2.24) is 9.97 Å². The second-order valence-corrected chi connectivity index (χ2v) is 8.56. The number of hydrogen-bond donors (Lipinski definition) is 1. The van der Waals surface area contributed by atoms with Gasteiger partial charge < -0.3 is 4.90 Å². The van der Waals surface area contributed by atoms with E-state index >= 15 is 0 Å². The highest BCUT2D eigenvalue weighted by atomic mass is 35.5. The van der Waals surface area contributed by atoms with Gasteiger partial charge in [0.25, 0.3) is 10.0 Å². The third-order valence-electron chi connectivity index (χ3n) is 4.17. The van der Waals surface area contributed by atoms with Crippen molar-refractivity contribution in [3.63, 3.8) is 0 Å². The summed E-state index contributed by atoms with van der Waals surface area (Å²) < 4.78 is 27.8. The number of anilines is 3. The lowest BCUT2D eigenvalue weighted by Crippen LogP contribution is -2.16. The van der Waals surface area contributed by atoms with E-state index in [0.29, 0.717) is 11.6 Å². The molecule has 0 fully saturated rings. The first-order valence-electron chi connectivity index (χ1n) is 8.09. The van der Waals surface area contributed by atoms with Crippen LogP contribution in [0.15, 0.2) is 59.8 Å². The number of nitrogens with zero attached hydrogens (tertiary/aromatic N) is 3. The zero-order valence-corrected chi connectivity index (χ0v) is 16.3. The van der Waals surface area contributed by atoms with E-state index in [9.17, 15) is 8.42 Å². The van der Waals surface area contributed by atoms with Crippen molar-refractivity contribution in [3.8, 4) is 0 Å². The quantitative estimate of drug-likeness (QED) is 0.681. The molecule has 0 saturated heterocycles. The molecule has 0 aliphatic carbocycles. The van der Waals surface area contributed by atoms with Crippen LogP contribution in [-0.4, -0.2) is 24.9 Å². The molecule has 2 aromatic carbocycles. The molecule has 4 rings (SSSR count). The van der Waals surface area contributed by atoms with E-state index in [0.717, 1.165) is 24.2 Å². The Bertz CT molecular complexity index is 1090. The number of rotatable bonds is 4. The molecule has 0 saturated carbocycles. The fourth-order valence-electron chi connectivity index (χ4n) is 3.00. The van der Waals surface area contributed by atoms with Gasteiger partial charge in [0.15, 0.2) is 0 Å². The molecule has 0 radical (unpaired) electrons. The molecule has 0 unspecified atom stereocenters. The number of hydrogen-bond acceptors (Lipinski definition) is 5. The van der Waals surface area contributed by atoms with E-state index in [4.69, 9.17) is 23.2 Å². The summed E-state index contributed by atoms with van der Waals surface area (Å²) in [6.07, 6.45) is 4.16. The summed E-state index contributed by atoms with van der Waals surface area (Å²) in [5, 5.41) is 0.519. The first kappa shape index (κ1) is 18.0. The molecular formula is C18H14Cl2N4O2S. The summed E-state index contributed by atoms with van der Waals surface area (Å²) in [6, 6.07) is 11.4. The number of halogens is 2. The Morgan fingerprint density at radius 1 is 1.00 bits per heavy atom. The van der Waals surface area contributed by atoms with Gasteiger partial charge in [-0.1, -0.05) is 23.2 Å². The summed E-state index contributed by atoms with van der Waals surface area (Å²) in [7, 11) is -3.80. The van der Waals surface area contributed by atoms with E-state index in [1.807, 2.05) is 17.0 Å². The van der Waals surface area contributed by atoms with Crippen LogP contribution < -0.4 is 9.62 Å². The van der Waals surface area contributed by atoms with Crippen LogP contribution >= 0.6 is 23.2 Å². The normalized spacial score (nSPS) is 13.5. The molecule has 1 aromatic heterocycles. The minimum absolute atomic E-state index is 0.0137. The molecule has 9 heteroatoms. The lowest BCUT2D eigenvalue weighted by molar-refractivity contribution is 0.601. The third kappa shape index (κ3) is 3.71. The molecule has 138 valence electrons. The zero-order valence-electron chi connectivity index (χ0n) is 13.9. The first-order valence-corrected chi connectivity index (χ1v) is 10.3. The summed E-state index contributed by atoms with van der Waals surface area (Å²) in [6.45, 7) is 0.736. The summed E-state index contributed by atoms with van der Waals surface area (Å²) in [4.78, 5) is 10.6. The van der Waals surface area contributed by atoms with Crippen LogP contribution in [0.3, 0.4) is 0 Å². The highest BCUT2D eigenvalue weighted by Crippen LogP contribution is 2.34.